The van der Waals surface area contributed by atoms with E-state index < -0.39 is 0 Å². The number of hydrogen-bond acceptors (Lipinski definition) is 2. The average molecular weight is 409 g/mol. The number of rotatable bonds is 6. The van der Waals surface area contributed by atoms with Crippen molar-refractivity contribution in [1.29, 1.82) is 0 Å². The van der Waals surface area contributed by atoms with Crippen LogP contribution in [0.3, 0.4) is 0 Å². The molecule has 0 aliphatic heterocycles. The number of nitrogens with one attached hydrogen (secondary N) is 2. The van der Waals surface area contributed by atoms with Crippen molar-refractivity contribution in [3.8, 4) is 11.5 Å². The van der Waals surface area contributed by atoms with Gasteiger partial charge in [0.1, 0.15) is 0 Å². The zero-order valence-corrected chi connectivity index (χ0v) is 17.4. The maximum Gasteiger partial charge on any atom is 0.161 e. The smallest absolute Gasteiger partial charge is 0.161 e. The second-order valence-electron chi connectivity index (χ2n) is 7.74. The molecule has 0 amide bonds. The Morgan fingerprint density at radius 3 is 2.03 bits per heavy atom. The fourth-order valence-corrected chi connectivity index (χ4v) is 4.52. The maximum absolute atomic E-state index is 11.2. The van der Waals surface area contributed by atoms with E-state index in [0.717, 1.165) is 44.1 Å². The van der Waals surface area contributed by atoms with Gasteiger partial charge in [-0.15, -0.1) is 6.58 Å². The first kappa shape index (κ1) is 19.1. The molecule has 2 heterocycles. The Morgan fingerprint density at radius 1 is 0.903 bits per heavy atom. The number of benzene rings is 3. The van der Waals surface area contributed by atoms with Crippen LogP contribution in [0, 0.1) is 0 Å². The molecule has 0 unspecified atom stereocenters. The number of hydrogen-bond donors (Lipinski definition) is 3. The number of phenols is 1. The van der Waals surface area contributed by atoms with Gasteiger partial charge in [0.25, 0.3) is 0 Å². The van der Waals surface area contributed by atoms with E-state index in [-0.39, 0.29) is 11.7 Å². The predicted octanol–water partition coefficient (Wildman–Crippen LogP) is 6.27. The van der Waals surface area contributed by atoms with Gasteiger partial charge >= 0.3 is 0 Å². The standard InChI is InChI=1S/C27H24N2O2/c1-3-8-17-13-20(27(30)25(14-17)31-2)26(21-15-28-23-11-6-4-9-18(21)23)22-16-29-24-12-7-5-10-19(22)24/h3-7,9-16,26,28-30H,1,8H2,2H3. The van der Waals surface area contributed by atoms with Gasteiger partial charge < -0.3 is 19.8 Å². The van der Waals surface area contributed by atoms with Crippen molar-refractivity contribution in [3.05, 3.63) is 108 Å². The first-order valence-corrected chi connectivity index (χ1v) is 10.3. The predicted molar refractivity (Wildman–Crippen MR) is 126 cm³/mol. The molecule has 0 saturated carbocycles. The SMILES string of the molecule is C=CCc1cc(OC)c(O)c(C(c2c[nH]c3ccccc23)c2c[nH]c3ccccc23)c1. The lowest BCUT2D eigenvalue weighted by Crippen LogP contribution is -2.05. The van der Waals surface area contributed by atoms with Crippen LogP contribution in [0.5, 0.6) is 11.5 Å². The summed E-state index contributed by atoms with van der Waals surface area (Å²) in [7, 11) is 1.59. The van der Waals surface area contributed by atoms with E-state index in [2.05, 4.69) is 46.9 Å². The van der Waals surface area contributed by atoms with Gasteiger partial charge in [-0.3, -0.25) is 0 Å². The van der Waals surface area contributed by atoms with Gasteiger partial charge in [0.05, 0.1) is 7.11 Å². The zero-order valence-electron chi connectivity index (χ0n) is 17.4. The van der Waals surface area contributed by atoms with E-state index in [9.17, 15) is 5.11 Å². The van der Waals surface area contributed by atoms with Crippen LogP contribution in [0.25, 0.3) is 21.8 Å². The summed E-state index contributed by atoms with van der Waals surface area (Å²) in [5, 5.41) is 13.5. The first-order chi connectivity index (χ1) is 15.2. The molecule has 0 atom stereocenters. The molecule has 5 aromatic rings. The Hall–Kier alpha value is -3.92. The first-order valence-electron chi connectivity index (χ1n) is 10.3. The minimum atomic E-state index is -0.189. The van der Waals surface area contributed by atoms with E-state index >= 15 is 0 Å². The summed E-state index contributed by atoms with van der Waals surface area (Å²) in [6.45, 7) is 3.88. The maximum atomic E-state index is 11.2. The molecule has 4 nitrogen and oxygen atoms in total. The van der Waals surface area contributed by atoms with Gasteiger partial charge in [0, 0.05) is 45.7 Å². The summed E-state index contributed by atoms with van der Waals surface area (Å²) in [6.07, 6.45) is 6.65. The number of aromatic hydroxyl groups is 1. The molecule has 31 heavy (non-hydrogen) atoms. The highest BCUT2D eigenvalue weighted by atomic mass is 16.5. The van der Waals surface area contributed by atoms with E-state index in [0.29, 0.717) is 12.2 Å². The minimum Gasteiger partial charge on any atom is -0.504 e. The number of ether oxygens (including phenoxy) is 1. The molecule has 3 N–H and O–H groups in total. The highest BCUT2D eigenvalue weighted by Crippen LogP contribution is 2.45. The van der Waals surface area contributed by atoms with Crippen LogP contribution in [0.1, 0.15) is 28.2 Å². The normalized spacial score (nSPS) is 11.4. The lowest BCUT2D eigenvalue weighted by atomic mass is 9.83. The number of fused-ring (bicyclic) bond motifs is 2. The molecule has 3 aromatic carbocycles. The Kier molecular flexibility index (Phi) is 4.75. The molecule has 0 fully saturated rings. The largest absolute Gasteiger partial charge is 0.504 e. The summed E-state index contributed by atoms with van der Waals surface area (Å²) in [5.74, 6) is 0.445. The minimum absolute atomic E-state index is 0.163. The summed E-state index contributed by atoms with van der Waals surface area (Å²) >= 11 is 0. The molecule has 0 aliphatic carbocycles. The summed E-state index contributed by atoms with van der Waals surface area (Å²) in [5.41, 5.74) is 6.20. The Bertz CT molecular complexity index is 1320. The number of H-pyrrole nitrogens is 2. The second kappa shape index (κ2) is 7.73. The van der Waals surface area contributed by atoms with Crippen LogP contribution in [-0.2, 0) is 6.42 Å². The lowest BCUT2D eigenvalue weighted by Gasteiger charge is -2.21. The Balaban J connectivity index is 1.84. The summed E-state index contributed by atoms with van der Waals surface area (Å²) in [6, 6.07) is 20.4. The molecule has 2 aromatic heterocycles. The molecule has 0 aliphatic rings. The molecule has 0 bridgehead atoms. The van der Waals surface area contributed by atoms with E-state index in [1.807, 2.05) is 48.8 Å². The van der Waals surface area contributed by atoms with Crippen LogP contribution in [0.4, 0.5) is 0 Å². The fourth-order valence-electron chi connectivity index (χ4n) is 4.52. The Morgan fingerprint density at radius 2 is 1.48 bits per heavy atom. The van der Waals surface area contributed by atoms with Crippen molar-refractivity contribution in [2.45, 2.75) is 12.3 Å². The number of allylic oxidation sites excluding steroid dienone is 1. The Labute approximate surface area is 180 Å². The third-order valence-electron chi connectivity index (χ3n) is 5.94. The quantitative estimate of drug-likeness (QED) is 0.290. The highest BCUT2D eigenvalue weighted by Gasteiger charge is 2.27. The van der Waals surface area contributed by atoms with Gasteiger partial charge in [-0.2, -0.15) is 0 Å². The van der Waals surface area contributed by atoms with Gasteiger partial charge in [0.2, 0.25) is 0 Å². The number of aromatic amines is 2. The average Bonchev–Trinajstić information content (AvgIpc) is 3.41. The monoisotopic (exact) mass is 408 g/mol. The van der Waals surface area contributed by atoms with Crippen LogP contribution in [0.15, 0.2) is 85.7 Å². The zero-order chi connectivity index (χ0) is 21.4. The molecule has 0 saturated heterocycles. The van der Waals surface area contributed by atoms with Gasteiger partial charge in [-0.1, -0.05) is 48.5 Å². The van der Waals surface area contributed by atoms with E-state index in [1.54, 1.807) is 7.11 Å². The van der Waals surface area contributed by atoms with Gasteiger partial charge in [0.15, 0.2) is 11.5 Å². The number of aromatic nitrogens is 2. The third kappa shape index (κ3) is 3.17. The fraction of sp³-hybridized carbons (Fsp3) is 0.111. The molecular weight excluding hydrogens is 384 g/mol. The summed E-state index contributed by atoms with van der Waals surface area (Å²) in [4.78, 5) is 6.79. The van der Waals surface area contributed by atoms with Crippen molar-refractivity contribution < 1.29 is 9.84 Å². The van der Waals surface area contributed by atoms with Crippen LogP contribution < -0.4 is 4.74 Å². The third-order valence-corrected chi connectivity index (χ3v) is 5.94. The van der Waals surface area contributed by atoms with Crippen LogP contribution >= 0.6 is 0 Å². The van der Waals surface area contributed by atoms with Crippen molar-refractivity contribution in [3.63, 3.8) is 0 Å². The number of methoxy groups -OCH3 is 1. The molecule has 154 valence electrons. The van der Waals surface area contributed by atoms with Crippen LogP contribution in [-0.4, -0.2) is 22.2 Å². The van der Waals surface area contributed by atoms with Crippen molar-refractivity contribution in [2.24, 2.45) is 0 Å². The van der Waals surface area contributed by atoms with E-state index in [1.165, 1.54) is 0 Å². The topological polar surface area (TPSA) is 61.0 Å². The summed E-state index contributed by atoms with van der Waals surface area (Å²) < 4.78 is 5.53. The van der Waals surface area contributed by atoms with E-state index in [4.69, 9.17) is 4.74 Å². The highest BCUT2D eigenvalue weighted by molar-refractivity contribution is 5.89. The van der Waals surface area contributed by atoms with Crippen molar-refractivity contribution >= 4 is 21.8 Å². The number of para-hydroxylation sites is 2. The second-order valence-corrected chi connectivity index (χ2v) is 7.74. The van der Waals surface area contributed by atoms with Crippen molar-refractivity contribution in [2.75, 3.05) is 7.11 Å². The van der Waals surface area contributed by atoms with Gasteiger partial charge in [-0.25, -0.2) is 0 Å². The molecule has 0 radical (unpaired) electrons. The van der Waals surface area contributed by atoms with Crippen molar-refractivity contribution in [1.82, 2.24) is 9.97 Å². The number of phenolic OH excluding ortho intramolecular Hbond substituents is 1. The molecular formula is C27H24N2O2. The molecule has 0 spiro atoms. The van der Waals surface area contributed by atoms with Gasteiger partial charge in [-0.05, 0) is 41.3 Å². The lowest BCUT2D eigenvalue weighted by molar-refractivity contribution is 0.370. The molecule has 5 rings (SSSR count). The molecule has 4 heteroatoms. The van der Waals surface area contributed by atoms with Crippen LogP contribution in [0.2, 0.25) is 0 Å².